The molecule has 152 valence electrons. The van der Waals surface area contributed by atoms with Crippen LogP contribution in [0.3, 0.4) is 0 Å². The van der Waals surface area contributed by atoms with Crippen molar-refractivity contribution in [3.63, 3.8) is 0 Å². The number of hydrogen-bond acceptors (Lipinski definition) is 6. The fourth-order valence-electron chi connectivity index (χ4n) is 2.57. The van der Waals surface area contributed by atoms with E-state index in [2.05, 4.69) is 9.82 Å². The van der Waals surface area contributed by atoms with Gasteiger partial charge >= 0.3 is 5.82 Å². The van der Waals surface area contributed by atoms with E-state index in [1.54, 1.807) is 6.92 Å². The molecule has 0 spiro atoms. The maximum Gasteiger partial charge on any atom is 0.389 e. The number of nitrogens with one attached hydrogen (secondary N) is 1. The second-order valence-electron chi connectivity index (χ2n) is 6.80. The molecular weight excluding hydrogens is 391 g/mol. The molecule has 0 aliphatic heterocycles. The molecule has 0 saturated heterocycles. The van der Waals surface area contributed by atoms with E-state index in [4.69, 9.17) is 4.74 Å². The van der Waals surface area contributed by atoms with Crippen LogP contribution in [0.25, 0.3) is 0 Å². The number of hydrogen-bond donors (Lipinski definition) is 1. The molecule has 0 amide bonds. The minimum Gasteiger partial charge on any atom is -0.490 e. The van der Waals surface area contributed by atoms with Crippen LogP contribution in [0.1, 0.15) is 31.4 Å². The smallest absolute Gasteiger partial charge is 0.389 e. The van der Waals surface area contributed by atoms with E-state index in [0.717, 1.165) is 12.8 Å². The van der Waals surface area contributed by atoms with E-state index in [1.165, 1.54) is 35.1 Å². The molecule has 1 saturated carbocycles. The Balaban J connectivity index is 1.59. The van der Waals surface area contributed by atoms with Crippen LogP contribution in [0, 0.1) is 21.8 Å². The maximum atomic E-state index is 13.9. The van der Waals surface area contributed by atoms with Crippen LogP contribution in [0.15, 0.2) is 30.5 Å². The average Bonchev–Trinajstić information content (AvgIpc) is 3.33. The number of aromatic nitrogens is 2. The van der Waals surface area contributed by atoms with Crippen molar-refractivity contribution >= 4 is 15.8 Å². The lowest BCUT2D eigenvalue weighted by molar-refractivity contribution is -0.389. The number of rotatable bonds is 10. The van der Waals surface area contributed by atoms with Gasteiger partial charge in [0.15, 0.2) is 11.6 Å². The van der Waals surface area contributed by atoms with Crippen LogP contribution < -0.4 is 9.46 Å². The second-order valence-corrected chi connectivity index (χ2v) is 8.67. The van der Waals surface area contributed by atoms with Crippen molar-refractivity contribution in [2.24, 2.45) is 5.92 Å². The molecule has 3 rings (SSSR count). The van der Waals surface area contributed by atoms with Crippen LogP contribution in [0.2, 0.25) is 0 Å². The van der Waals surface area contributed by atoms with Gasteiger partial charge in [-0.05, 0) is 48.3 Å². The normalized spacial score (nSPS) is 15.4. The first-order valence-corrected chi connectivity index (χ1v) is 10.5. The van der Waals surface area contributed by atoms with Crippen molar-refractivity contribution in [3.8, 4) is 5.75 Å². The Hall–Kier alpha value is -2.53. The molecule has 2 aromatic rings. The van der Waals surface area contributed by atoms with E-state index < -0.39 is 26.8 Å². The topological polar surface area (TPSA) is 116 Å². The number of benzene rings is 1. The van der Waals surface area contributed by atoms with E-state index in [9.17, 15) is 22.9 Å². The Morgan fingerprint density at radius 1 is 1.43 bits per heavy atom. The minimum atomic E-state index is -3.69. The Morgan fingerprint density at radius 2 is 2.18 bits per heavy atom. The summed E-state index contributed by atoms with van der Waals surface area (Å²) in [6.45, 7) is 2.07. The quantitative estimate of drug-likeness (QED) is 0.473. The number of nitro groups is 1. The Morgan fingerprint density at radius 3 is 2.82 bits per heavy atom. The predicted molar refractivity (Wildman–Crippen MR) is 98.8 cm³/mol. The van der Waals surface area contributed by atoms with Gasteiger partial charge in [0, 0.05) is 6.04 Å². The summed E-state index contributed by atoms with van der Waals surface area (Å²) < 4.78 is 47.7. The summed E-state index contributed by atoms with van der Waals surface area (Å²) in [6.07, 6.45) is 3.51. The first-order valence-electron chi connectivity index (χ1n) is 8.83. The summed E-state index contributed by atoms with van der Waals surface area (Å²) in [6, 6.07) is 4.86. The number of ether oxygens (including phenoxy) is 1. The van der Waals surface area contributed by atoms with Crippen LogP contribution in [-0.2, 0) is 16.6 Å². The molecule has 1 heterocycles. The molecule has 1 aromatic heterocycles. The van der Waals surface area contributed by atoms with Gasteiger partial charge in [0.1, 0.15) is 0 Å². The highest BCUT2D eigenvalue weighted by Gasteiger charge is 2.23. The van der Waals surface area contributed by atoms with Gasteiger partial charge in [-0.25, -0.2) is 17.5 Å². The molecule has 1 aliphatic carbocycles. The third-order valence-corrected chi connectivity index (χ3v) is 5.82. The van der Waals surface area contributed by atoms with E-state index in [0.29, 0.717) is 18.1 Å². The highest BCUT2D eigenvalue weighted by atomic mass is 32.2. The molecule has 1 N–H and O–H groups in total. The van der Waals surface area contributed by atoms with Crippen LogP contribution >= 0.6 is 0 Å². The molecule has 1 fully saturated rings. The molecule has 1 aliphatic rings. The zero-order valence-corrected chi connectivity index (χ0v) is 16.1. The van der Waals surface area contributed by atoms with E-state index >= 15 is 0 Å². The van der Waals surface area contributed by atoms with Gasteiger partial charge < -0.3 is 14.9 Å². The largest absolute Gasteiger partial charge is 0.490 e. The first kappa shape index (κ1) is 20.2. The summed E-state index contributed by atoms with van der Waals surface area (Å²) >= 11 is 0. The monoisotopic (exact) mass is 412 g/mol. The van der Waals surface area contributed by atoms with Crippen LogP contribution in [0.4, 0.5) is 10.2 Å². The molecular formula is C17H21FN4O5S. The van der Waals surface area contributed by atoms with Crippen molar-refractivity contribution in [3.05, 3.63) is 52.0 Å². The number of aryl methyl sites for hydroxylation is 1. The van der Waals surface area contributed by atoms with Crippen LogP contribution in [0.5, 0.6) is 5.75 Å². The van der Waals surface area contributed by atoms with Gasteiger partial charge in [-0.1, -0.05) is 6.07 Å². The molecule has 1 atom stereocenters. The molecule has 28 heavy (non-hydrogen) atoms. The van der Waals surface area contributed by atoms with Crippen molar-refractivity contribution in [2.75, 3.05) is 12.4 Å². The summed E-state index contributed by atoms with van der Waals surface area (Å²) in [7, 11) is -3.69. The Bertz CT molecular complexity index is 958. The Labute approximate surface area is 161 Å². The molecule has 1 aromatic carbocycles. The highest BCUT2D eigenvalue weighted by Crippen LogP contribution is 2.31. The van der Waals surface area contributed by atoms with Crippen LogP contribution in [-0.4, -0.2) is 35.5 Å². The highest BCUT2D eigenvalue weighted by molar-refractivity contribution is 7.89. The minimum absolute atomic E-state index is 0.0327. The van der Waals surface area contributed by atoms with Crippen molar-refractivity contribution < 1.29 is 22.5 Å². The molecule has 0 radical (unpaired) electrons. The summed E-state index contributed by atoms with van der Waals surface area (Å²) in [5, 5.41) is 14.3. The Kier molecular flexibility index (Phi) is 5.94. The summed E-state index contributed by atoms with van der Waals surface area (Å²) in [5.74, 6) is -0.553. The predicted octanol–water partition coefficient (Wildman–Crippen LogP) is 2.40. The number of nitrogens with zero attached hydrogens (tertiary/aromatic N) is 3. The third kappa shape index (κ3) is 5.49. The van der Waals surface area contributed by atoms with Crippen molar-refractivity contribution in [2.45, 2.75) is 32.4 Å². The van der Waals surface area contributed by atoms with Gasteiger partial charge in [-0.15, -0.1) is 0 Å². The van der Waals surface area contributed by atoms with Gasteiger partial charge in [0.2, 0.25) is 10.0 Å². The standard InChI is InChI=1S/C17H21FN4O5S/c1-12(14-4-5-15(18)16(10-14)27-11-13-2-3-13)20-28(25,26)9-8-21-7-6-17(19-21)22(23)24/h4-7,10,12-13,20H,2-3,8-9,11H2,1H3/t12-/m1/s1. The summed E-state index contributed by atoms with van der Waals surface area (Å²) in [4.78, 5) is 9.97. The maximum absolute atomic E-state index is 13.9. The van der Waals surface area contributed by atoms with Gasteiger partial charge in [-0.2, -0.15) is 4.68 Å². The second kappa shape index (κ2) is 8.23. The van der Waals surface area contributed by atoms with E-state index in [1.807, 2.05) is 0 Å². The zero-order chi connectivity index (χ0) is 20.3. The van der Waals surface area contributed by atoms with E-state index in [-0.39, 0.29) is 23.9 Å². The summed E-state index contributed by atoms with van der Waals surface area (Å²) in [5.41, 5.74) is 0.575. The number of sulfonamides is 1. The molecule has 0 unspecified atom stereocenters. The number of halogens is 1. The van der Waals surface area contributed by atoms with Crippen molar-refractivity contribution in [1.82, 2.24) is 14.5 Å². The first-order chi connectivity index (χ1) is 13.2. The zero-order valence-electron chi connectivity index (χ0n) is 15.2. The fraction of sp³-hybridized carbons (Fsp3) is 0.471. The average molecular weight is 412 g/mol. The van der Waals surface area contributed by atoms with Gasteiger partial charge in [0.25, 0.3) is 0 Å². The SMILES string of the molecule is C[C@@H](NS(=O)(=O)CCn1ccc([N+](=O)[O-])n1)c1ccc(F)c(OCC2CC2)c1. The lowest BCUT2D eigenvalue weighted by Gasteiger charge is -2.16. The molecule has 0 bridgehead atoms. The third-order valence-electron chi connectivity index (χ3n) is 4.39. The molecule has 11 heteroatoms. The lowest BCUT2D eigenvalue weighted by Crippen LogP contribution is -2.31. The van der Waals surface area contributed by atoms with Crippen molar-refractivity contribution in [1.29, 1.82) is 0 Å². The lowest BCUT2D eigenvalue weighted by atomic mass is 10.1. The fourth-order valence-corrected chi connectivity index (χ4v) is 3.79. The molecule has 9 nitrogen and oxygen atoms in total. The van der Waals surface area contributed by atoms with Gasteiger partial charge in [0.05, 0.1) is 36.3 Å². The van der Waals surface area contributed by atoms with Gasteiger partial charge in [-0.3, -0.25) is 0 Å².